The van der Waals surface area contributed by atoms with Crippen molar-refractivity contribution in [3.05, 3.63) is 53.7 Å². The minimum Gasteiger partial charge on any atom is -0.496 e. The van der Waals surface area contributed by atoms with E-state index in [1.54, 1.807) is 12.1 Å². The highest BCUT2D eigenvalue weighted by molar-refractivity contribution is 5.38. The number of methoxy groups -OCH3 is 1. The summed E-state index contributed by atoms with van der Waals surface area (Å²) < 4.78 is 23.2. The van der Waals surface area contributed by atoms with Crippen LogP contribution in [0.5, 0.6) is 5.75 Å². The zero-order chi connectivity index (χ0) is 11.5. The molecule has 1 N–H and O–H groups in total. The first-order chi connectivity index (χ1) is 7.72. The standard InChI is InChI=1S/C12H11FO3/c1-15-10-5-4-8(13)7-9(10)12(14)11-3-2-6-16-11/h2-7,12,14H,1H3. The van der Waals surface area contributed by atoms with Crippen LogP contribution in [-0.4, -0.2) is 12.2 Å². The van der Waals surface area contributed by atoms with Crippen molar-refractivity contribution in [1.29, 1.82) is 0 Å². The largest absolute Gasteiger partial charge is 0.496 e. The molecule has 1 unspecified atom stereocenters. The summed E-state index contributed by atoms with van der Waals surface area (Å²) in [5.74, 6) is 0.343. The highest BCUT2D eigenvalue weighted by atomic mass is 19.1. The van der Waals surface area contributed by atoms with Crippen LogP contribution in [-0.2, 0) is 0 Å². The number of rotatable bonds is 3. The van der Waals surface area contributed by atoms with Crippen LogP contribution in [0.15, 0.2) is 41.0 Å². The van der Waals surface area contributed by atoms with Crippen LogP contribution in [0.3, 0.4) is 0 Å². The maximum Gasteiger partial charge on any atom is 0.140 e. The molecule has 0 aliphatic carbocycles. The molecular formula is C12H11FO3. The van der Waals surface area contributed by atoms with E-state index in [9.17, 15) is 9.50 Å². The van der Waals surface area contributed by atoms with Gasteiger partial charge in [-0.2, -0.15) is 0 Å². The fourth-order valence-electron chi connectivity index (χ4n) is 1.52. The number of hydrogen-bond donors (Lipinski definition) is 1. The van der Waals surface area contributed by atoms with E-state index in [1.807, 2.05) is 0 Å². The molecule has 1 aromatic carbocycles. The molecule has 16 heavy (non-hydrogen) atoms. The van der Waals surface area contributed by atoms with Gasteiger partial charge in [-0.1, -0.05) is 0 Å². The second-order valence-electron chi connectivity index (χ2n) is 3.30. The minimum absolute atomic E-state index is 0.345. The van der Waals surface area contributed by atoms with Crippen LogP contribution in [0.1, 0.15) is 17.4 Å². The normalized spacial score (nSPS) is 12.4. The van der Waals surface area contributed by atoms with Crippen LogP contribution >= 0.6 is 0 Å². The molecule has 0 amide bonds. The van der Waals surface area contributed by atoms with Gasteiger partial charge in [-0.15, -0.1) is 0 Å². The number of aliphatic hydroxyl groups is 1. The Hall–Kier alpha value is -1.81. The zero-order valence-electron chi connectivity index (χ0n) is 8.68. The molecule has 84 valence electrons. The first-order valence-electron chi connectivity index (χ1n) is 4.77. The van der Waals surface area contributed by atoms with E-state index < -0.39 is 11.9 Å². The molecule has 0 fully saturated rings. The molecule has 0 saturated carbocycles. The second-order valence-corrected chi connectivity index (χ2v) is 3.30. The maximum absolute atomic E-state index is 13.1. The first kappa shape index (κ1) is 10.7. The van der Waals surface area contributed by atoms with Gasteiger partial charge in [-0.3, -0.25) is 0 Å². The molecule has 0 spiro atoms. The third-order valence-electron chi connectivity index (χ3n) is 2.30. The Morgan fingerprint density at radius 2 is 2.19 bits per heavy atom. The van der Waals surface area contributed by atoms with E-state index in [-0.39, 0.29) is 0 Å². The monoisotopic (exact) mass is 222 g/mol. The van der Waals surface area contributed by atoms with E-state index in [2.05, 4.69) is 0 Å². The maximum atomic E-state index is 13.1. The lowest BCUT2D eigenvalue weighted by Gasteiger charge is -2.12. The summed E-state index contributed by atoms with van der Waals surface area (Å²) in [6.07, 6.45) is 0.422. The number of aliphatic hydroxyl groups excluding tert-OH is 1. The molecule has 0 radical (unpaired) electrons. The summed E-state index contributed by atoms with van der Waals surface area (Å²) in [5.41, 5.74) is 0.345. The van der Waals surface area contributed by atoms with Crippen LogP contribution in [0.4, 0.5) is 4.39 Å². The Labute approximate surface area is 92.1 Å². The molecule has 1 heterocycles. The predicted octanol–water partition coefficient (Wildman–Crippen LogP) is 2.51. The van der Waals surface area contributed by atoms with Crippen molar-refractivity contribution in [2.75, 3.05) is 7.11 Å². The Kier molecular flexibility index (Phi) is 2.92. The van der Waals surface area contributed by atoms with E-state index >= 15 is 0 Å². The zero-order valence-corrected chi connectivity index (χ0v) is 8.68. The molecule has 3 nitrogen and oxygen atoms in total. The lowest BCUT2D eigenvalue weighted by Crippen LogP contribution is -2.01. The lowest BCUT2D eigenvalue weighted by atomic mass is 10.1. The van der Waals surface area contributed by atoms with Crippen LogP contribution in [0.25, 0.3) is 0 Å². The van der Waals surface area contributed by atoms with E-state index in [4.69, 9.17) is 9.15 Å². The van der Waals surface area contributed by atoms with Gasteiger partial charge < -0.3 is 14.3 Å². The van der Waals surface area contributed by atoms with Gasteiger partial charge in [-0.05, 0) is 30.3 Å². The van der Waals surface area contributed by atoms with Gasteiger partial charge in [-0.25, -0.2) is 4.39 Å². The summed E-state index contributed by atoms with van der Waals surface area (Å²) in [6.45, 7) is 0. The van der Waals surface area contributed by atoms with Crippen molar-refractivity contribution in [3.63, 3.8) is 0 Å². The molecule has 2 rings (SSSR count). The summed E-state index contributed by atoms with van der Waals surface area (Å²) in [4.78, 5) is 0. The predicted molar refractivity (Wildman–Crippen MR) is 55.7 cm³/mol. The number of ether oxygens (including phenoxy) is 1. The third-order valence-corrected chi connectivity index (χ3v) is 2.30. The molecule has 0 saturated heterocycles. The van der Waals surface area contributed by atoms with E-state index in [0.717, 1.165) is 0 Å². The van der Waals surface area contributed by atoms with Gasteiger partial charge in [0.1, 0.15) is 23.4 Å². The molecule has 1 atom stereocenters. The van der Waals surface area contributed by atoms with Gasteiger partial charge in [0.05, 0.1) is 13.4 Å². The Balaban J connectivity index is 2.42. The summed E-state index contributed by atoms with van der Waals surface area (Å²) in [6, 6.07) is 7.25. The Morgan fingerprint density at radius 1 is 1.38 bits per heavy atom. The van der Waals surface area contributed by atoms with Crippen molar-refractivity contribution < 1.29 is 18.7 Å². The number of hydrogen-bond acceptors (Lipinski definition) is 3. The number of furan rings is 1. The highest BCUT2D eigenvalue weighted by Crippen LogP contribution is 2.30. The topological polar surface area (TPSA) is 42.6 Å². The van der Waals surface area contributed by atoms with Gasteiger partial charge in [0.15, 0.2) is 0 Å². The number of benzene rings is 1. The average Bonchev–Trinajstić information content (AvgIpc) is 2.81. The van der Waals surface area contributed by atoms with Crippen LogP contribution in [0, 0.1) is 5.82 Å². The Bertz CT molecular complexity index is 465. The smallest absolute Gasteiger partial charge is 0.140 e. The minimum atomic E-state index is -1.03. The molecule has 0 bridgehead atoms. The van der Waals surface area contributed by atoms with Gasteiger partial charge in [0.25, 0.3) is 0 Å². The molecular weight excluding hydrogens is 211 g/mol. The molecule has 0 aliphatic heterocycles. The van der Waals surface area contributed by atoms with Crippen molar-refractivity contribution in [2.45, 2.75) is 6.10 Å². The van der Waals surface area contributed by atoms with Crippen molar-refractivity contribution in [1.82, 2.24) is 0 Å². The van der Waals surface area contributed by atoms with Crippen LogP contribution in [0.2, 0.25) is 0 Å². The van der Waals surface area contributed by atoms with E-state index in [0.29, 0.717) is 17.1 Å². The van der Waals surface area contributed by atoms with Gasteiger partial charge in [0.2, 0.25) is 0 Å². The summed E-state index contributed by atoms with van der Waals surface area (Å²) >= 11 is 0. The second kappa shape index (κ2) is 4.37. The lowest BCUT2D eigenvalue weighted by molar-refractivity contribution is 0.184. The highest BCUT2D eigenvalue weighted by Gasteiger charge is 2.18. The average molecular weight is 222 g/mol. The number of halogens is 1. The first-order valence-corrected chi connectivity index (χ1v) is 4.77. The van der Waals surface area contributed by atoms with Crippen LogP contribution < -0.4 is 4.74 Å². The molecule has 2 aromatic rings. The van der Waals surface area contributed by atoms with Crippen molar-refractivity contribution in [3.8, 4) is 5.75 Å². The van der Waals surface area contributed by atoms with Crippen molar-refractivity contribution >= 4 is 0 Å². The molecule has 4 heteroatoms. The Morgan fingerprint density at radius 3 is 2.81 bits per heavy atom. The van der Waals surface area contributed by atoms with Crippen molar-refractivity contribution in [2.24, 2.45) is 0 Å². The summed E-state index contributed by atoms with van der Waals surface area (Å²) in [5, 5.41) is 9.98. The fraction of sp³-hybridized carbons (Fsp3) is 0.167. The third kappa shape index (κ3) is 1.92. The summed E-state index contributed by atoms with van der Waals surface area (Å²) in [7, 11) is 1.46. The molecule has 0 aliphatic rings. The SMILES string of the molecule is COc1ccc(F)cc1C(O)c1ccco1. The quantitative estimate of drug-likeness (QED) is 0.867. The van der Waals surface area contributed by atoms with Gasteiger partial charge >= 0.3 is 0 Å². The van der Waals surface area contributed by atoms with E-state index in [1.165, 1.54) is 31.6 Å². The van der Waals surface area contributed by atoms with Gasteiger partial charge in [0, 0.05) is 5.56 Å². The fourth-order valence-corrected chi connectivity index (χ4v) is 1.52. The molecule has 1 aromatic heterocycles.